The van der Waals surface area contributed by atoms with E-state index in [9.17, 15) is 9.59 Å². The lowest BCUT2D eigenvalue weighted by Gasteiger charge is -2.18. The lowest BCUT2D eigenvalue weighted by Crippen LogP contribution is -2.45. The number of hydrogen-bond acceptors (Lipinski definition) is 3. The second-order valence-electron chi connectivity index (χ2n) is 3.96. The molecule has 0 fully saturated rings. The van der Waals surface area contributed by atoms with Gasteiger partial charge in [-0.3, -0.25) is 9.59 Å². The van der Waals surface area contributed by atoms with E-state index in [1.165, 1.54) is 0 Å². The average molecular weight is 230 g/mol. The lowest BCUT2D eigenvalue weighted by atomic mass is 10.1. The van der Waals surface area contributed by atoms with Gasteiger partial charge in [-0.25, -0.2) is 0 Å². The van der Waals surface area contributed by atoms with Gasteiger partial charge in [0.25, 0.3) is 0 Å². The van der Waals surface area contributed by atoms with E-state index in [2.05, 4.69) is 5.32 Å². The van der Waals surface area contributed by atoms with Gasteiger partial charge in [-0.2, -0.15) is 0 Å². The summed E-state index contributed by atoms with van der Waals surface area (Å²) in [5.41, 5.74) is 5.68. The van der Waals surface area contributed by atoms with Gasteiger partial charge in [0.2, 0.25) is 5.91 Å². The highest BCUT2D eigenvalue weighted by molar-refractivity contribution is 5.82. The van der Waals surface area contributed by atoms with Gasteiger partial charge in [-0.05, 0) is 12.8 Å². The van der Waals surface area contributed by atoms with Gasteiger partial charge in [-0.1, -0.05) is 26.7 Å². The summed E-state index contributed by atoms with van der Waals surface area (Å²) in [6.07, 6.45) is 3.09. The fourth-order valence-electron chi connectivity index (χ4n) is 1.37. The van der Waals surface area contributed by atoms with E-state index in [0.717, 1.165) is 12.8 Å². The molecule has 0 bridgehead atoms. The molecule has 0 aliphatic carbocycles. The van der Waals surface area contributed by atoms with Crippen molar-refractivity contribution in [3.05, 3.63) is 0 Å². The lowest BCUT2D eigenvalue weighted by molar-refractivity contribution is -0.137. The molecule has 1 amide bonds. The highest BCUT2D eigenvalue weighted by Crippen LogP contribution is 2.02. The maximum atomic E-state index is 11.6. The number of carboxylic acids is 1. The first-order chi connectivity index (χ1) is 7.51. The first-order valence-corrected chi connectivity index (χ1v) is 5.79. The van der Waals surface area contributed by atoms with E-state index in [4.69, 9.17) is 10.8 Å². The molecule has 4 N–H and O–H groups in total. The molecule has 0 saturated heterocycles. The molecule has 5 nitrogen and oxygen atoms in total. The average Bonchev–Trinajstić information content (AvgIpc) is 2.23. The van der Waals surface area contributed by atoms with Crippen molar-refractivity contribution in [2.45, 2.75) is 58.0 Å². The Balaban J connectivity index is 4.03. The highest BCUT2D eigenvalue weighted by atomic mass is 16.4. The van der Waals surface area contributed by atoms with Crippen molar-refractivity contribution < 1.29 is 14.7 Å². The molecular formula is C11H22N2O3. The third-order valence-electron chi connectivity index (χ3n) is 2.47. The van der Waals surface area contributed by atoms with Crippen molar-refractivity contribution in [3.63, 3.8) is 0 Å². The molecule has 0 spiro atoms. The summed E-state index contributed by atoms with van der Waals surface area (Å²) in [5, 5.41) is 11.3. The number of aliphatic carboxylic acids is 1. The molecule has 5 heteroatoms. The molecule has 0 radical (unpaired) electrons. The van der Waals surface area contributed by atoms with E-state index in [1.54, 1.807) is 0 Å². The molecule has 16 heavy (non-hydrogen) atoms. The number of nitrogens with two attached hydrogens (primary N) is 1. The van der Waals surface area contributed by atoms with Crippen LogP contribution in [0, 0.1) is 0 Å². The van der Waals surface area contributed by atoms with Gasteiger partial charge in [0, 0.05) is 6.04 Å². The molecule has 0 aromatic heterocycles. The largest absolute Gasteiger partial charge is 0.481 e. The first kappa shape index (κ1) is 14.9. The van der Waals surface area contributed by atoms with Crippen molar-refractivity contribution in [1.29, 1.82) is 0 Å². The maximum Gasteiger partial charge on any atom is 0.305 e. The molecule has 1 unspecified atom stereocenters. The van der Waals surface area contributed by atoms with Gasteiger partial charge in [0.15, 0.2) is 0 Å². The fourth-order valence-corrected chi connectivity index (χ4v) is 1.37. The number of amides is 1. The maximum absolute atomic E-state index is 11.6. The number of unbranched alkanes of at least 4 members (excludes halogenated alkanes) is 1. The zero-order valence-corrected chi connectivity index (χ0v) is 10.0. The molecule has 94 valence electrons. The van der Waals surface area contributed by atoms with Gasteiger partial charge < -0.3 is 16.2 Å². The molecule has 0 aromatic carbocycles. The Kier molecular flexibility index (Phi) is 7.54. The molecule has 0 aliphatic rings. The summed E-state index contributed by atoms with van der Waals surface area (Å²) in [5.74, 6) is -1.16. The van der Waals surface area contributed by atoms with Gasteiger partial charge in [0.1, 0.15) is 0 Å². The number of nitrogens with one attached hydrogen (secondary N) is 1. The minimum Gasteiger partial charge on any atom is -0.481 e. The summed E-state index contributed by atoms with van der Waals surface area (Å²) < 4.78 is 0. The van der Waals surface area contributed by atoms with Gasteiger partial charge in [0.05, 0.1) is 12.5 Å². The minimum absolute atomic E-state index is 0.0528. The third kappa shape index (κ3) is 6.40. The normalized spacial score (nSPS) is 14.2. The molecular weight excluding hydrogens is 208 g/mol. The Labute approximate surface area is 96.4 Å². The summed E-state index contributed by atoms with van der Waals surface area (Å²) in [6, 6.07) is -0.847. The van der Waals surface area contributed by atoms with Crippen LogP contribution in [0.1, 0.15) is 46.0 Å². The van der Waals surface area contributed by atoms with Crippen LogP contribution in [0.15, 0.2) is 0 Å². The number of rotatable bonds is 8. The standard InChI is InChI=1S/C11H22N2O3/c1-3-5-6-9(12)11(16)13-8(4-2)7-10(14)15/h8-9H,3-7,12H2,1-2H3,(H,13,16)(H,14,15)/t8?,9-/m0/s1. The summed E-state index contributed by atoms with van der Waals surface area (Å²) in [6.45, 7) is 3.87. The van der Waals surface area contributed by atoms with Crippen LogP contribution < -0.4 is 11.1 Å². The number of carboxylic acid groups (broad SMARTS) is 1. The Hall–Kier alpha value is -1.10. The fraction of sp³-hybridized carbons (Fsp3) is 0.818. The van der Waals surface area contributed by atoms with Gasteiger partial charge in [-0.15, -0.1) is 0 Å². The molecule has 0 saturated carbocycles. The third-order valence-corrected chi connectivity index (χ3v) is 2.47. The quantitative estimate of drug-likeness (QED) is 0.577. The van der Waals surface area contributed by atoms with E-state index >= 15 is 0 Å². The SMILES string of the molecule is CCCC[C@H](N)C(=O)NC(CC)CC(=O)O. The van der Waals surface area contributed by atoms with Crippen LogP contribution in [0.25, 0.3) is 0 Å². The van der Waals surface area contributed by atoms with Crippen LogP contribution in [0.3, 0.4) is 0 Å². The van der Waals surface area contributed by atoms with Crippen LogP contribution >= 0.6 is 0 Å². The Morgan fingerprint density at radius 1 is 1.38 bits per heavy atom. The predicted molar refractivity (Wildman–Crippen MR) is 62.0 cm³/mol. The number of hydrogen-bond donors (Lipinski definition) is 3. The monoisotopic (exact) mass is 230 g/mol. The second kappa shape index (κ2) is 8.10. The van der Waals surface area contributed by atoms with E-state index in [1.807, 2.05) is 13.8 Å². The Morgan fingerprint density at radius 3 is 2.44 bits per heavy atom. The van der Waals surface area contributed by atoms with E-state index < -0.39 is 12.0 Å². The molecule has 0 heterocycles. The van der Waals surface area contributed by atoms with E-state index in [-0.39, 0.29) is 18.4 Å². The zero-order chi connectivity index (χ0) is 12.6. The van der Waals surface area contributed by atoms with Gasteiger partial charge >= 0.3 is 5.97 Å². The summed E-state index contributed by atoms with van der Waals surface area (Å²) >= 11 is 0. The zero-order valence-electron chi connectivity index (χ0n) is 10.0. The summed E-state index contributed by atoms with van der Waals surface area (Å²) in [4.78, 5) is 22.1. The van der Waals surface area contributed by atoms with Crippen LogP contribution in [-0.4, -0.2) is 29.1 Å². The van der Waals surface area contributed by atoms with Crippen LogP contribution in [0.5, 0.6) is 0 Å². The predicted octanol–water partition coefficient (Wildman–Crippen LogP) is 0.873. The van der Waals surface area contributed by atoms with Crippen LogP contribution in [0.2, 0.25) is 0 Å². The van der Waals surface area contributed by atoms with Crippen molar-refractivity contribution in [1.82, 2.24) is 5.32 Å². The first-order valence-electron chi connectivity index (χ1n) is 5.79. The highest BCUT2D eigenvalue weighted by Gasteiger charge is 2.18. The Bertz CT molecular complexity index is 231. The van der Waals surface area contributed by atoms with Crippen molar-refractivity contribution >= 4 is 11.9 Å². The van der Waals surface area contributed by atoms with Crippen molar-refractivity contribution in [2.75, 3.05) is 0 Å². The summed E-state index contributed by atoms with van der Waals surface area (Å²) in [7, 11) is 0. The minimum atomic E-state index is -0.908. The number of carbonyl (C=O) groups is 2. The van der Waals surface area contributed by atoms with Crippen LogP contribution in [-0.2, 0) is 9.59 Å². The number of carbonyl (C=O) groups excluding carboxylic acids is 1. The Morgan fingerprint density at radius 2 is 2.00 bits per heavy atom. The molecule has 2 atom stereocenters. The second-order valence-corrected chi connectivity index (χ2v) is 3.96. The van der Waals surface area contributed by atoms with Crippen molar-refractivity contribution in [2.24, 2.45) is 5.73 Å². The molecule has 0 aliphatic heterocycles. The molecule has 0 rings (SSSR count). The smallest absolute Gasteiger partial charge is 0.305 e. The van der Waals surface area contributed by atoms with Crippen molar-refractivity contribution in [3.8, 4) is 0 Å². The topological polar surface area (TPSA) is 92.4 Å². The van der Waals surface area contributed by atoms with Crippen LogP contribution in [0.4, 0.5) is 0 Å². The van der Waals surface area contributed by atoms with E-state index in [0.29, 0.717) is 12.8 Å². The molecule has 0 aromatic rings.